The highest BCUT2D eigenvalue weighted by Gasteiger charge is 2.51. The lowest BCUT2D eigenvalue weighted by Gasteiger charge is -2.25. The van der Waals surface area contributed by atoms with E-state index in [9.17, 15) is 19.2 Å². The zero-order chi connectivity index (χ0) is 21.3. The lowest BCUT2D eigenvalue weighted by Crippen LogP contribution is -2.43. The zero-order valence-corrected chi connectivity index (χ0v) is 16.8. The van der Waals surface area contributed by atoms with Gasteiger partial charge in [0.1, 0.15) is 5.54 Å². The quantitative estimate of drug-likeness (QED) is 0.591. The van der Waals surface area contributed by atoms with Gasteiger partial charge < -0.3 is 10.2 Å². The van der Waals surface area contributed by atoms with E-state index in [1.165, 1.54) is 0 Å². The molecule has 0 radical (unpaired) electrons. The minimum absolute atomic E-state index is 0.0317. The molecule has 154 valence electrons. The second-order valence-electron chi connectivity index (χ2n) is 7.57. The molecule has 0 aromatic heterocycles. The highest BCUT2D eigenvalue weighted by molar-refractivity contribution is 6.11. The normalized spacial score (nSPS) is 21.3. The Morgan fingerprint density at radius 2 is 1.83 bits per heavy atom. The molecule has 0 unspecified atom stereocenters. The van der Waals surface area contributed by atoms with Crippen LogP contribution in [-0.2, 0) is 15.1 Å². The molecule has 2 aliphatic heterocycles. The Bertz CT molecular complexity index is 1020. The SMILES string of the molecule is CC[C@]1(c2ccccc2)NC(=O)N(CC(=O)c2cccc(N3CCCC3=O)c2)C1=O. The predicted octanol–water partition coefficient (Wildman–Crippen LogP) is 2.85. The van der Waals surface area contributed by atoms with Crippen LogP contribution in [0.5, 0.6) is 0 Å². The smallest absolute Gasteiger partial charge is 0.319 e. The average Bonchev–Trinajstić information content (AvgIpc) is 3.31. The Labute approximate surface area is 174 Å². The van der Waals surface area contributed by atoms with E-state index in [1.54, 1.807) is 41.3 Å². The lowest BCUT2D eigenvalue weighted by atomic mass is 9.87. The fraction of sp³-hybridized carbons (Fsp3) is 0.304. The van der Waals surface area contributed by atoms with Gasteiger partial charge in [0, 0.05) is 24.2 Å². The second-order valence-corrected chi connectivity index (χ2v) is 7.57. The number of benzene rings is 2. The van der Waals surface area contributed by atoms with Crippen molar-refractivity contribution in [2.75, 3.05) is 18.0 Å². The van der Waals surface area contributed by atoms with Crippen LogP contribution in [0.2, 0.25) is 0 Å². The van der Waals surface area contributed by atoms with Gasteiger partial charge in [0.05, 0.1) is 6.54 Å². The second kappa shape index (κ2) is 7.74. The number of nitrogens with one attached hydrogen (secondary N) is 1. The van der Waals surface area contributed by atoms with Gasteiger partial charge in [-0.15, -0.1) is 0 Å². The summed E-state index contributed by atoms with van der Waals surface area (Å²) in [7, 11) is 0. The number of amides is 4. The molecule has 7 heteroatoms. The van der Waals surface area contributed by atoms with Gasteiger partial charge in [0.25, 0.3) is 5.91 Å². The summed E-state index contributed by atoms with van der Waals surface area (Å²) in [6.07, 6.45) is 1.66. The molecule has 0 spiro atoms. The molecular formula is C23H23N3O4. The van der Waals surface area contributed by atoms with Crippen molar-refractivity contribution in [3.05, 3.63) is 65.7 Å². The third-order valence-corrected chi connectivity index (χ3v) is 5.83. The van der Waals surface area contributed by atoms with Gasteiger partial charge in [-0.1, -0.05) is 49.4 Å². The Kier molecular flexibility index (Phi) is 5.11. The Balaban J connectivity index is 1.56. The van der Waals surface area contributed by atoms with Crippen molar-refractivity contribution in [3.8, 4) is 0 Å². The van der Waals surface area contributed by atoms with E-state index < -0.39 is 17.5 Å². The summed E-state index contributed by atoms with van der Waals surface area (Å²) in [6, 6.07) is 15.2. The largest absolute Gasteiger partial charge is 0.325 e. The Morgan fingerprint density at radius 3 is 2.50 bits per heavy atom. The predicted molar refractivity (Wildman–Crippen MR) is 111 cm³/mol. The minimum Gasteiger partial charge on any atom is -0.319 e. The molecule has 4 amide bonds. The molecule has 4 rings (SSSR count). The molecule has 30 heavy (non-hydrogen) atoms. The van der Waals surface area contributed by atoms with Gasteiger partial charge >= 0.3 is 6.03 Å². The van der Waals surface area contributed by atoms with Crippen LogP contribution >= 0.6 is 0 Å². The number of anilines is 1. The molecule has 0 saturated carbocycles. The molecule has 2 aliphatic rings. The van der Waals surface area contributed by atoms with Gasteiger partial charge in [0.2, 0.25) is 5.91 Å². The first-order valence-corrected chi connectivity index (χ1v) is 10.1. The molecule has 1 N–H and O–H groups in total. The van der Waals surface area contributed by atoms with Crippen LogP contribution in [0, 0.1) is 0 Å². The van der Waals surface area contributed by atoms with Crippen LogP contribution in [0.1, 0.15) is 42.1 Å². The number of ketones is 1. The van der Waals surface area contributed by atoms with E-state index in [-0.39, 0.29) is 18.2 Å². The van der Waals surface area contributed by atoms with Gasteiger partial charge in [0.15, 0.2) is 5.78 Å². The summed E-state index contributed by atoms with van der Waals surface area (Å²) in [6.45, 7) is 2.10. The van der Waals surface area contributed by atoms with Crippen LogP contribution in [-0.4, -0.2) is 41.6 Å². The standard InChI is InChI=1S/C23H23N3O4/c1-2-23(17-9-4-3-5-10-17)21(29)26(22(30)24-23)15-19(27)16-8-6-11-18(14-16)25-13-7-12-20(25)28/h3-6,8-11,14H,2,7,12-13,15H2,1H3,(H,24,30)/t23-/m1/s1. The van der Waals surface area contributed by atoms with Gasteiger partial charge in [-0.25, -0.2) is 4.79 Å². The molecule has 2 aromatic rings. The van der Waals surface area contributed by atoms with Gasteiger partial charge in [-0.05, 0) is 30.5 Å². The van der Waals surface area contributed by atoms with Crippen molar-refractivity contribution < 1.29 is 19.2 Å². The molecule has 2 aromatic carbocycles. The van der Waals surface area contributed by atoms with Crippen molar-refractivity contribution in [2.24, 2.45) is 0 Å². The van der Waals surface area contributed by atoms with Crippen molar-refractivity contribution in [3.63, 3.8) is 0 Å². The van der Waals surface area contributed by atoms with E-state index in [4.69, 9.17) is 0 Å². The van der Waals surface area contributed by atoms with Crippen LogP contribution in [0.3, 0.4) is 0 Å². The molecule has 2 heterocycles. The number of hydrogen-bond acceptors (Lipinski definition) is 4. The monoisotopic (exact) mass is 405 g/mol. The van der Waals surface area contributed by atoms with Crippen LogP contribution in [0.15, 0.2) is 54.6 Å². The first-order valence-electron chi connectivity index (χ1n) is 10.1. The van der Waals surface area contributed by atoms with Gasteiger partial charge in [-0.3, -0.25) is 19.3 Å². The van der Waals surface area contributed by atoms with E-state index in [2.05, 4.69) is 5.32 Å². The Hall–Kier alpha value is -3.48. The molecule has 1 atom stereocenters. The van der Waals surface area contributed by atoms with Crippen molar-refractivity contribution in [2.45, 2.75) is 31.7 Å². The summed E-state index contributed by atoms with van der Waals surface area (Å²) in [5.74, 6) is -0.753. The lowest BCUT2D eigenvalue weighted by molar-refractivity contribution is -0.131. The molecule has 0 aliphatic carbocycles. The third-order valence-electron chi connectivity index (χ3n) is 5.83. The van der Waals surface area contributed by atoms with E-state index in [0.717, 1.165) is 11.3 Å². The topological polar surface area (TPSA) is 86.8 Å². The van der Waals surface area contributed by atoms with Crippen LogP contribution < -0.4 is 10.2 Å². The maximum Gasteiger partial charge on any atom is 0.325 e. The number of carbonyl (C=O) groups excluding carboxylic acids is 4. The molecule has 0 bridgehead atoms. The van der Waals surface area contributed by atoms with E-state index >= 15 is 0 Å². The van der Waals surface area contributed by atoms with Crippen LogP contribution in [0.25, 0.3) is 0 Å². The number of nitrogens with zero attached hydrogens (tertiary/aromatic N) is 2. The number of carbonyl (C=O) groups is 4. The summed E-state index contributed by atoms with van der Waals surface area (Å²) in [5.41, 5.74) is 0.548. The van der Waals surface area contributed by atoms with E-state index in [0.29, 0.717) is 36.2 Å². The number of Topliss-reactive ketones (excluding diaryl/α,β-unsaturated/α-hetero) is 1. The van der Waals surface area contributed by atoms with Crippen molar-refractivity contribution in [1.29, 1.82) is 0 Å². The maximum absolute atomic E-state index is 13.2. The van der Waals surface area contributed by atoms with Crippen molar-refractivity contribution >= 4 is 29.3 Å². The van der Waals surface area contributed by atoms with Crippen molar-refractivity contribution in [1.82, 2.24) is 10.2 Å². The van der Waals surface area contributed by atoms with E-state index in [1.807, 2.05) is 25.1 Å². The first-order chi connectivity index (χ1) is 14.5. The molecular weight excluding hydrogens is 382 g/mol. The first kappa shape index (κ1) is 19.8. The maximum atomic E-state index is 13.2. The highest BCUT2D eigenvalue weighted by Crippen LogP contribution is 2.32. The number of hydrogen-bond donors (Lipinski definition) is 1. The molecule has 7 nitrogen and oxygen atoms in total. The molecule has 2 saturated heterocycles. The summed E-state index contributed by atoms with van der Waals surface area (Å²) in [5, 5.41) is 2.78. The fourth-order valence-electron chi connectivity index (χ4n) is 4.14. The summed E-state index contributed by atoms with van der Waals surface area (Å²) in [4.78, 5) is 53.3. The average molecular weight is 405 g/mol. The summed E-state index contributed by atoms with van der Waals surface area (Å²) < 4.78 is 0. The zero-order valence-electron chi connectivity index (χ0n) is 16.8. The highest BCUT2D eigenvalue weighted by atomic mass is 16.2. The number of rotatable bonds is 6. The van der Waals surface area contributed by atoms with Crippen LogP contribution in [0.4, 0.5) is 10.5 Å². The molecule has 2 fully saturated rings. The summed E-state index contributed by atoms with van der Waals surface area (Å²) >= 11 is 0. The van der Waals surface area contributed by atoms with Gasteiger partial charge in [-0.2, -0.15) is 0 Å². The Morgan fingerprint density at radius 1 is 1.07 bits per heavy atom. The number of imide groups is 1. The minimum atomic E-state index is -1.16. The number of urea groups is 1. The third kappa shape index (κ3) is 3.26. The fourth-order valence-corrected chi connectivity index (χ4v) is 4.14.